The molecule has 25 heavy (non-hydrogen) atoms. The van der Waals surface area contributed by atoms with Gasteiger partial charge >= 0.3 is 0 Å². The van der Waals surface area contributed by atoms with Crippen LogP contribution < -0.4 is 5.32 Å². The van der Waals surface area contributed by atoms with Crippen LogP contribution in [0.1, 0.15) is 24.9 Å². The Kier molecular flexibility index (Phi) is 6.60. The van der Waals surface area contributed by atoms with Gasteiger partial charge in [0.25, 0.3) is 0 Å². The number of piperazine rings is 1. The van der Waals surface area contributed by atoms with Crippen LogP contribution in [0.15, 0.2) is 70.5 Å². The lowest BCUT2D eigenvalue weighted by molar-refractivity contribution is 0.170. The number of nitrogens with one attached hydrogen (secondary N) is 1. The van der Waals surface area contributed by atoms with E-state index in [1.807, 2.05) is 23.9 Å². The quantitative estimate of drug-likeness (QED) is 0.683. The highest BCUT2D eigenvalue weighted by Gasteiger charge is 2.24. The van der Waals surface area contributed by atoms with Crippen molar-refractivity contribution in [3.05, 3.63) is 71.3 Å². The fourth-order valence-electron chi connectivity index (χ4n) is 3.24. The number of nitrogens with zero attached hydrogens (tertiary/aromatic N) is 1. The first-order valence-electron chi connectivity index (χ1n) is 8.75. The van der Waals surface area contributed by atoms with Crippen molar-refractivity contribution in [2.24, 2.45) is 0 Å². The van der Waals surface area contributed by atoms with E-state index in [1.54, 1.807) is 0 Å². The molecule has 0 radical (unpaired) electrons. The van der Waals surface area contributed by atoms with E-state index in [4.69, 9.17) is 11.6 Å². The van der Waals surface area contributed by atoms with E-state index in [0.29, 0.717) is 6.04 Å². The van der Waals surface area contributed by atoms with Crippen LogP contribution in [0.25, 0.3) is 0 Å². The van der Waals surface area contributed by atoms with Crippen molar-refractivity contribution in [2.75, 3.05) is 26.2 Å². The summed E-state index contributed by atoms with van der Waals surface area (Å²) in [4.78, 5) is 5.12. The molecule has 1 fully saturated rings. The van der Waals surface area contributed by atoms with Crippen molar-refractivity contribution in [3.63, 3.8) is 0 Å². The molecule has 0 aliphatic carbocycles. The van der Waals surface area contributed by atoms with E-state index < -0.39 is 0 Å². The largest absolute Gasteiger partial charge is 0.314 e. The van der Waals surface area contributed by atoms with Crippen LogP contribution in [0.4, 0.5) is 0 Å². The molecule has 0 spiro atoms. The molecule has 4 heteroatoms. The average Bonchev–Trinajstić information content (AvgIpc) is 2.63. The van der Waals surface area contributed by atoms with Crippen LogP contribution in [-0.2, 0) is 0 Å². The highest BCUT2D eigenvalue weighted by atomic mass is 35.5. The van der Waals surface area contributed by atoms with Gasteiger partial charge in [0, 0.05) is 47.0 Å². The Morgan fingerprint density at radius 2 is 1.84 bits per heavy atom. The van der Waals surface area contributed by atoms with Crippen molar-refractivity contribution in [1.29, 1.82) is 0 Å². The Labute approximate surface area is 160 Å². The second-order valence-corrected chi connectivity index (χ2v) is 8.11. The lowest BCUT2D eigenvalue weighted by atomic mass is 9.98. The third-order valence-electron chi connectivity index (χ3n) is 4.45. The molecule has 0 unspecified atom stereocenters. The summed E-state index contributed by atoms with van der Waals surface area (Å²) in [6, 6.07) is 17.2. The summed E-state index contributed by atoms with van der Waals surface area (Å²) < 4.78 is 0. The maximum Gasteiger partial charge on any atom is 0.0406 e. The van der Waals surface area contributed by atoms with E-state index >= 15 is 0 Å². The maximum absolute atomic E-state index is 6.02. The fraction of sp³-hybridized carbons (Fsp3) is 0.333. The van der Waals surface area contributed by atoms with Crippen molar-refractivity contribution in [2.45, 2.75) is 29.2 Å². The SMILES string of the molecule is C=C(C)C[C@@H](c1ccccc1Sc1ccc(Cl)cc1)N1CCNCC1. The molecule has 0 bridgehead atoms. The standard InChI is InChI=1S/C21H25ClN2S/c1-16(2)15-20(24-13-11-23-12-14-24)19-5-3-4-6-21(19)25-18-9-7-17(22)8-10-18/h3-10,20,23H,1,11-15H2,2H3/t20-/m0/s1. The zero-order chi connectivity index (χ0) is 17.6. The minimum atomic E-state index is 0.385. The smallest absolute Gasteiger partial charge is 0.0406 e. The highest BCUT2D eigenvalue weighted by molar-refractivity contribution is 7.99. The predicted molar refractivity (Wildman–Crippen MR) is 109 cm³/mol. The molecule has 1 saturated heterocycles. The Balaban J connectivity index is 1.89. The molecule has 1 aliphatic rings. The molecule has 2 aromatic carbocycles. The summed E-state index contributed by atoms with van der Waals surface area (Å²) in [7, 11) is 0. The molecular weight excluding hydrogens is 348 g/mol. The van der Waals surface area contributed by atoms with E-state index in [0.717, 1.165) is 37.6 Å². The molecule has 0 amide bonds. The number of hydrogen-bond acceptors (Lipinski definition) is 3. The van der Waals surface area contributed by atoms with Gasteiger partial charge in [-0.3, -0.25) is 4.90 Å². The zero-order valence-corrected chi connectivity index (χ0v) is 16.2. The molecule has 2 aromatic rings. The van der Waals surface area contributed by atoms with Crippen LogP contribution in [0.3, 0.4) is 0 Å². The van der Waals surface area contributed by atoms with Crippen molar-refractivity contribution in [3.8, 4) is 0 Å². The summed E-state index contributed by atoms with van der Waals surface area (Å²) in [6.45, 7) is 10.6. The zero-order valence-electron chi connectivity index (χ0n) is 14.7. The van der Waals surface area contributed by atoms with Crippen LogP contribution in [-0.4, -0.2) is 31.1 Å². The molecule has 1 atom stereocenters. The van der Waals surface area contributed by atoms with E-state index in [-0.39, 0.29) is 0 Å². The summed E-state index contributed by atoms with van der Waals surface area (Å²) in [5, 5.41) is 4.23. The molecular formula is C21H25ClN2S. The van der Waals surface area contributed by atoms with Gasteiger partial charge in [-0.05, 0) is 49.2 Å². The lowest BCUT2D eigenvalue weighted by Crippen LogP contribution is -2.45. The summed E-state index contributed by atoms with van der Waals surface area (Å²) in [6.07, 6.45) is 0.998. The molecule has 132 valence electrons. The second-order valence-electron chi connectivity index (χ2n) is 6.56. The van der Waals surface area contributed by atoms with Gasteiger partial charge < -0.3 is 5.32 Å². The Bertz CT molecular complexity index is 708. The van der Waals surface area contributed by atoms with Gasteiger partial charge in [0.2, 0.25) is 0 Å². The predicted octanol–water partition coefficient (Wildman–Crippen LogP) is 5.40. The van der Waals surface area contributed by atoms with E-state index in [1.165, 1.54) is 20.9 Å². The molecule has 2 nitrogen and oxygen atoms in total. The molecule has 3 rings (SSSR count). The van der Waals surface area contributed by atoms with Gasteiger partial charge in [0.15, 0.2) is 0 Å². The molecule has 0 aromatic heterocycles. The van der Waals surface area contributed by atoms with Crippen LogP contribution in [0, 0.1) is 0 Å². The summed E-state index contributed by atoms with van der Waals surface area (Å²) >= 11 is 7.84. The van der Waals surface area contributed by atoms with E-state index in [9.17, 15) is 0 Å². The van der Waals surface area contributed by atoms with Gasteiger partial charge in [-0.25, -0.2) is 0 Å². The van der Waals surface area contributed by atoms with Crippen LogP contribution in [0.5, 0.6) is 0 Å². The normalized spacial score (nSPS) is 16.6. The van der Waals surface area contributed by atoms with Gasteiger partial charge in [0.1, 0.15) is 0 Å². The first-order valence-corrected chi connectivity index (χ1v) is 9.94. The summed E-state index contributed by atoms with van der Waals surface area (Å²) in [5.41, 5.74) is 2.63. The number of benzene rings is 2. The lowest BCUT2D eigenvalue weighted by Gasteiger charge is -2.36. The van der Waals surface area contributed by atoms with Gasteiger partial charge in [0.05, 0.1) is 0 Å². The average molecular weight is 373 g/mol. The number of rotatable bonds is 6. The number of hydrogen-bond donors (Lipinski definition) is 1. The fourth-order valence-corrected chi connectivity index (χ4v) is 4.36. The Morgan fingerprint density at radius 1 is 1.16 bits per heavy atom. The van der Waals surface area contributed by atoms with Crippen LogP contribution in [0.2, 0.25) is 5.02 Å². The summed E-state index contributed by atoms with van der Waals surface area (Å²) in [5.74, 6) is 0. The van der Waals surface area contributed by atoms with Gasteiger partial charge in [-0.2, -0.15) is 0 Å². The van der Waals surface area contributed by atoms with Crippen LogP contribution >= 0.6 is 23.4 Å². The third-order valence-corrected chi connectivity index (χ3v) is 5.81. The first kappa shape index (κ1) is 18.5. The molecule has 1 heterocycles. The third kappa shape index (κ3) is 5.11. The molecule has 1 aliphatic heterocycles. The van der Waals surface area contributed by atoms with Gasteiger partial charge in [-0.15, -0.1) is 6.58 Å². The Hall–Kier alpha value is -1.26. The maximum atomic E-state index is 6.02. The highest BCUT2D eigenvalue weighted by Crippen LogP contribution is 2.38. The van der Waals surface area contributed by atoms with Crippen molar-refractivity contribution in [1.82, 2.24) is 10.2 Å². The van der Waals surface area contributed by atoms with Crippen molar-refractivity contribution >= 4 is 23.4 Å². The minimum Gasteiger partial charge on any atom is -0.314 e. The van der Waals surface area contributed by atoms with E-state index in [2.05, 4.69) is 60.1 Å². The first-order chi connectivity index (χ1) is 12.1. The molecule has 0 saturated carbocycles. The molecule has 1 N–H and O–H groups in total. The minimum absolute atomic E-state index is 0.385. The second kappa shape index (κ2) is 8.91. The Morgan fingerprint density at radius 3 is 2.52 bits per heavy atom. The monoisotopic (exact) mass is 372 g/mol. The van der Waals surface area contributed by atoms with Gasteiger partial charge in [-0.1, -0.05) is 47.1 Å². The van der Waals surface area contributed by atoms with Crippen molar-refractivity contribution < 1.29 is 0 Å². The topological polar surface area (TPSA) is 15.3 Å². The number of halogens is 1.